The van der Waals surface area contributed by atoms with Gasteiger partial charge in [-0.3, -0.25) is 4.79 Å². The number of nitrogens with zero attached hydrogens (tertiary/aromatic N) is 1. The second kappa shape index (κ2) is 8.34. The number of aromatic nitrogens is 1. The number of hydrogen-bond acceptors (Lipinski definition) is 3. The van der Waals surface area contributed by atoms with E-state index in [0.29, 0.717) is 34.5 Å². The van der Waals surface area contributed by atoms with Crippen molar-refractivity contribution in [3.8, 4) is 0 Å². The monoisotopic (exact) mass is 403 g/mol. The van der Waals surface area contributed by atoms with Crippen LogP contribution < -0.4 is 0 Å². The third-order valence-corrected chi connectivity index (χ3v) is 5.80. The second-order valence-electron chi connectivity index (χ2n) is 6.50. The maximum Gasteiger partial charge on any atom is 0.186 e. The van der Waals surface area contributed by atoms with Crippen LogP contribution in [0.2, 0.25) is 10.0 Å². The van der Waals surface area contributed by atoms with Gasteiger partial charge in [-0.05, 0) is 34.7 Å². The minimum Gasteiger partial charge on any atom is -0.292 e. The lowest BCUT2D eigenvalue weighted by Crippen LogP contribution is -2.04. The van der Waals surface area contributed by atoms with Crippen LogP contribution in [-0.2, 0) is 12.8 Å². The summed E-state index contributed by atoms with van der Waals surface area (Å²) in [7, 11) is 0. The number of carbonyl (C=O) groups excluding carboxylic acids is 1. The van der Waals surface area contributed by atoms with E-state index in [-0.39, 0.29) is 5.78 Å². The molecule has 0 aliphatic rings. The van der Waals surface area contributed by atoms with E-state index in [1.165, 1.54) is 16.9 Å². The molecule has 0 saturated heterocycles. The van der Waals surface area contributed by atoms with Gasteiger partial charge >= 0.3 is 0 Å². The third-order valence-electron chi connectivity index (χ3n) is 4.24. The molecule has 0 unspecified atom stereocenters. The summed E-state index contributed by atoms with van der Waals surface area (Å²) in [5.74, 6) is 0.507. The molecule has 0 spiro atoms. The zero-order chi connectivity index (χ0) is 18.7. The molecular weight excluding hydrogens is 385 g/mol. The number of carbonyl (C=O) groups is 1. The van der Waals surface area contributed by atoms with Crippen molar-refractivity contribution < 1.29 is 4.79 Å². The van der Waals surface area contributed by atoms with Gasteiger partial charge in [0.2, 0.25) is 0 Å². The van der Waals surface area contributed by atoms with Crippen LogP contribution in [0.15, 0.2) is 47.8 Å². The highest BCUT2D eigenvalue weighted by Crippen LogP contribution is 2.28. The van der Waals surface area contributed by atoms with Crippen molar-refractivity contribution in [2.24, 2.45) is 0 Å². The molecule has 0 saturated carbocycles. The van der Waals surface area contributed by atoms with Crippen LogP contribution in [0.1, 0.15) is 52.0 Å². The molecule has 0 aliphatic heterocycles. The summed E-state index contributed by atoms with van der Waals surface area (Å²) in [6.45, 7) is 4.31. The van der Waals surface area contributed by atoms with Crippen LogP contribution in [-0.4, -0.2) is 10.8 Å². The van der Waals surface area contributed by atoms with Crippen molar-refractivity contribution >= 4 is 40.3 Å². The van der Waals surface area contributed by atoms with Crippen LogP contribution in [0.5, 0.6) is 0 Å². The number of halogens is 2. The van der Waals surface area contributed by atoms with Gasteiger partial charge in [-0.15, -0.1) is 11.3 Å². The van der Waals surface area contributed by atoms with Gasteiger partial charge in [0.05, 0.1) is 5.01 Å². The zero-order valence-electron chi connectivity index (χ0n) is 14.6. The molecule has 3 rings (SSSR count). The normalized spacial score (nSPS) is 11.1. The molecule has 0 radical (unpaired) electrons. The molecule has 0 aliphatic carbocycles. The van der Waals surface area contributed by atoms with Crippen molar-refractivity contribution in [3.63, 3.8) is 0 Å². The third kappa shape index (κ3) is 4.53. The largest absolute Gasteiger partial charge is 0.292 e. The highest BCUT2D eigenvalue weighted by molar-refractivity contribution is 7.09. The molecule has 26 heavy (non-hydrogen) atoms. The lowest BCUT2D eigenvalue weighted by Gasteiger charge is -2.06. The van der Waals surface area contributed by atoms with Crippen molar-refractivity contribution in [3.05, 3.63) is 85.3 Å². The summed E-state index contributed by atoms with van der Waals surface area (Å²) in [4.78, 5) is 17.0. The number of Topliss-reactive ketones (excluding diaryl/α,β-unsaturated/α-hetero) is 1. The number of rotatable bonds is 6. The molecule has 0 fully saturated rings. The van der Waals surface area contributed by atoms with Crippen LogP contribution in [0, 0.1) is 0 Å². The van der Waals surface area contributed by atoms with E-state index in [1.807, 2.05) is 35.7 Å². The lowest BCUT2D eigenvalue weighted by atomic mass is 10.00. The van der Waals surface area contributed by atoms with Crippen LogP contribution in [0.3, 0.4) is 0 Å². The smallest absolute Gasteiger partial charge is 0.186 e. The molecule has 0 amide bonds. The fourth-order valence-electron chi connectivity index (χ4n) is 2.67. The van der Waals surface area contributed by atoms with Gasteiger partial charge in [-0.25, -0.2) is 4.98 Å². The molecule has 5 heteroatoms. The topological polar surface area (TPSA) is 30.0 Å². The molecule has 2 aromatic carbocycles. The number of thiazole rings is 1. The van der Waals surface area contributed by atoms with Crippen molar-refractivity contribution in [1.29, 1.82) is 0 Å². The fraction of sp³-hybridized carbons (Fsp3) is 0.238. The van der Waals surface area contributed by atoms with Crippen molar-refractivity contribution in [2.75, 3.05) is 0 Å². The Balaban J connectivity index is 1.70. The Hall–Kier alpha value is -1.68. The quantitative estimate of drug-likeness (QED) is 0.434. The van der Waals surface area contributed by atoms with Crippen LogP contribution >= 0.6 is 34.5 Å². The minimum atomic E-state index is 0.0232. The summed E-state index contributed by atoms with van der Waals surface area (Å²) in [6.07, 6.45) is 0.883. The van der Waals surface area contributed by atoms with E-state index in [1.54, 1.807) is 0 Å². The molecule has 1 aromatic heterocycles. The Morgan fingerprint density at radius 1 is 1.08 bits per heavy atom. The van der Waals surface area contributed by atoms with Gasteiger partial charge in [-0.2, -0.15) is 0 Å². The lowest BCUT2D eigenvalue weighted by molar-refractivity contribution is 0.0988. The van der Waals surface area contributed by atoms with Gasteiger partial charge in [-0.1, -0.05) is 67.4 Å². The maximum absolute atomic E-state index is 12.5. The molecule has 1 heterocycles. The van der Waals surface area contributed by atoms with Gasteiger partial charge in [0, 0.05) is 28.3 Å². The molecule has 0 atom stereocenters. The van der Waals surface area contributed by atoms with Gasteiger partial charge in [0.15, 0.2) is 5.78 Å². The first-order valence-electron chi connectivity index (χ1n) is 8.43. The highest BCUT2D eigenvalue weighted by atomic mass is 35.5. The summed E-state index contributed by atoms with van der Waals surface area (Å²) in [5.41, 5.74) is 3.62. The molecule has 134 valence electrons. The number of benzene rings is 2. The molecule has 2 nitrogen and oxygen atoms in total. The Labute approximate surface area is 167 Å². The summed E-state index contributed by atoms with van der Waals surface area (Å²) in [6, 6.07) is 13.6. The first-order chi connectivity index (χ1) is 12.4. The first kappa shape index (κ1) is 19.1. The van der Waals surface area contributed by atoms with Gasteiger partial charge in [0.25, 0.3) is 0 Å². The average molecular weight is 404 g/mol. The number of hydrogen-bond donors (Lipinski definition) is 0. The van der Waals surface area contributed by atoms with Gasteiger partial charge in [0.1, 0.15) is 5.69 Å². The fourth-order valence-corrected chi connectivity index (χ4v) is 4.01. The van der Waals surface area contributed by atoms with Crippen molar-refractivity contribution in [1.82, 2.24) is 4.98 Å². The van der Waals surface area contributed by atoms with E-state index in [4.69, 9.17) is 23.2 Å². The Morgan fingerprint density at radius 2 is 1.73 bits per heavy atom. The number of ketones is 1. The summed E-state index contributed by atoms with van der Waals surface area (Å²) >= 11 is 13.9. The van der Waals surface area contributed by atoms with E-state index in [9.17, 15) is 4.79 Å². The SMILES string of the molecule is CC(C)c1ccc(CC(=O)c2csc(Cc3c(Cl)cccc3Cl)n2)cc1. The highest BCUT2D eigenvalue weighted by Gasteiger charge is 2.14. The predicted molar refractivity (Wildman–Crippen MR) is 110 cm³/mol. The van der Waals surface area contributed by atoms with Crippen molar-refractivity contribution in [2.45, 2.75) is 32.6 Å². The maximum atomic E-state index is 12.5. The molecule has 0 bridgehead atoms. The van der Waals surface area contributed by atoms with Crippen LogP contribution in [0.25, 0.3) is 0 Å². The van der Waals surface area contributed by atoms with E-state index in [0.717, 1.165) is 16.1 Å². The average Bonchev–Trinajstić information content (AvgIpc) is 3.07. The second-order valence-corrected chi connectivity index (χ2v) is 8.26. The predicted octanol–water partition coefficient (Wildman–Crippen LogP) is 6.59. The van der Waals surface area contributed by atoms with E-state index >= 15 is 0 Å². The minimum absolute atomic E-state index is 0.0232. The summed E-state index contributed by atoms with van der Waals surface area (Å²) in [5, 5.41) is 3.88. The first-order valence-corrected chi connectivity index (χ1v) is 10.1. The van der Waals surface area contributed by atoms with E-state index < -0.39 is 0 Å². The zero-order valence-corrected chi connectivity index (χ0v) is 17.0. The Kier molecular flexibility index (Phi) is 6.13. The molecular formula is C21H19Cl2NOS. The summed E-state index contributed by atoms with van der Waals surface area (Å²) < 4.78 is 0. The van der Waals surface area contributed by atoms with Gasteiger partial charge < -0.3 is 0 Å². The molecule has 3 aromatic rings. The van der Waals surface area contributed by atoms with E-state index in [2.05, 4.69) is 31.0 Å². The van der Waals surface area contributed by atoms with Crippen LogP contribution in [0.4, 0.5) is 0 Å². The Bertz CT molecular complexity index is 896. The standard InChI is InChI=1S/C21H19Cl2NOS/c1-13(2)15-8-6-14(7-9-15)10-20(25)19-12-26-21(24-19)11-16-17(22)4-3-5-18(16)23/h3-9,12-13H,10-11H2,1-2H3. The molecule has 0 N–H and O–H groups in total. The Morgan fingerprint density at radius 3 is 2.35 bits per heavy atom.